The van der Waals surface area contributed by atoms with Gasteiger partial charge in [-0.3, -0.25) is 9.09 Å². The van der Waals surface area contributed by atoms with Gasteiger partial charge in [-0.15, -0.1) is 0 Å². The standard InChI is InChI=1S/C11H16N5O5PS/c1-5-8(17)6(2-20-22(18,19)23)21-11(5)16-4-15-7-9(12)13-3-14-10(7)16/h3-6,8,11,17H,2H2,1H3,(H2,12,13,14)(H2,18,19,23)/t5-,6+,8-,11+/m0/s1. The molecule has 3 heterocycles. The molecule has 10 nitrogen and oxygen atoms in total. The molecule has 0 radical (unpaired) electrons. The Morgan fingerprint density at radius 2 is 2.26 bits per heavy atom. The number of anilines is 1. The topological polar surface area (TPSA) is 146 Å². The molecule has 1 aliphatic heterocycles. The lowest BCUT2D eigenvalue weighted by Crippen LogP contribution is -2.28. The second-order valence-electron chi connectivity index (χ2n) is 5.28. The summed E-state index contributed by atoms with van der Waals surface area (Å²) in [5.41, 5.74) is 6.66. The Kier molecular flexibility index (Phi) is 4.34. The highest BCUT2D eigenvalue weighted by atomic mass is 32.7. The molecule has 12 heteroatoms. The summed E-state index contributed by atoms with van der Waals surface area (Å²) in [7, 11) is 0. The van der Waals surface area contributed by atoms with Crippen molar-refractivity contribution < 1.29 is 23.8 Å². The molecule has 0 aliphatic carbocycles. The summed E-state index contributed by atoms with van der Waals surface area (Å²) in [6.45, 7) is -2.42. The molecule has 126 valence electrons. The third-order valence-corrected chi connectivity index (χ3v) is 4.58. The van der Waals surface area contributed by atoms with Crippen LogP contribution in [0.1, 0.15) is 13.2 Å². The van der Waals surface area contributed by atoms with E-state index in [-0.39, 0.29) is 18.3 Å². The number of nitrogen functional groups attached to an aromatic ring is 1. The highest BCUT2D eigenvalue weighted by Crippen LogP contribution is 2.48. The first-order valence-corrected chi connectivity index (χ1v) is 9.47. The monoisotopic (exact) mass is 361 g/mol. The Hall–Kier alpha value is -1.23. The van der Waals surface area contributed by atoms with Gasteiger partial charge in [0.25, 0.3) is 0 Å². The zero-order chi connectivity index (χ0) is 16.8. The first-order valence-electron chi connectivity index (χ1n) is 6.74. The summed E-state index contributed by atoms with van der Waals surface area (Å²) in [6.07, 6.45) is 0.573. The molecule has 0 saturated carbocycles. The number of rotatable bonds is 4. The Morgan fingerprint density at radius 1 is 1.52 bits per heavy atom. The molecular formula is C11H16N5O5PS. The second kappa shape index (κ2) is 6.00. The van der Waals surface area contributed by atoms with Gasteiger partial charge in [0.2, 0.25) is 0 Å². The van der Waals surface area contributed by atoms with Gasteiger partial charge in [0.15, 0.2) is 11.5 Å². The number of aromatic nitrogens is 4. The molecule has 1 aliphatic rings. The normalized spacial score (nSPS) is 30.6. The Labute approximate surface area is 136 Å². The molecule has 23 heavy (non-hydrogen) atoms. The van der Waals surface area contributed by atoms with Crippen molar-refractivity contribution in [3.8, 4) is 0 Å². The smallest absolute Gasteiger partial charge is 0.383 e. The van der Waals surface area contributed by atoms with Crippen LogP contribution in [-0.2, 0) is 13.8 Å². The number of fused-ring (bicyclic) bond motifs is 1. The molecule has 0 spiro atoms. The van der Waals surface area contributed by atoms with Crippen molar-refractivity contribution in [2.24, 2.45) is 5.92 Å². The van der Waals surface area contributed by atoms with Gasteiger partial charge in [0, 0.05) is 5.92 Å². The maximum absolute atomic E-state index is 11.1. The molecule has 5 atom stereocenters. The molecule has 0 amide bonds. The van der Waals surface area contributed by atoms with E-state index < -0.39 is 25.2 Å². The number of hydrogen-bond donors (Lipinski definition) is 4. The van der Waals surface area contributed by atoms with E-state index in [9.17, 15) is 9.67 Å². The van der Waals surface area contributed by atoms with E-state index in [1.165, 1.54) is 12.7 Å². The van der Waals surface area contributed by atoms with Gasteiger partial charge in [-0.05, 0) is 0 Å². The molecule has 2 aromatic heterocycles. The van der Waals surface area contributed by atoms with Gasteiger partial charge >= 0.3 is 6.80 Å². The van der Waals surface area contributed by atoms with E-state index in [0.717, 1.165) is 0 Å². The lowest BCUT2D eigenvalue weighted by molar-refractivity contribution is -0.0404. The van der Waals surface area contributed by atoms with Crippen molar-refractivity contribution in [2.75, 3.05) is 12.3 Å². The third-order valence-electron chi connectivity index (χ3n) is 3.75. The number of ether oxygens (including phenoxy) is 1. The van der Waals surface area contributed by atoms with E-state index in [0.29, 0.717) is 11.2 Å². The van der Waals surface area contributed by atoms with E-state index in [1.54, 1.807) is 11.5 Å². The molecule has 3 rings (SSSR count). The summed E-state index contributed by atoms with van der Waals surface area (Å²) in [6, 6.07) is 0. The highest BCUT2D eigenvalue weighted by molar-refractivity contribution is 8.44. The van der Waals surface area contributed by atoms with E-state index in [1.807, 2.05) is 0 Å². The first-order chi connectivity index (χ1) is 10.8. The quantitative estimate of drug-likeness (QED) is 0.447. The fourth-order valence-corrected chi connectivity index (χ4v) is 3.12. The average molecular weight is 361 g/mol. The molecular weight excluding hydrogens is 345 g/mol. The molecule has 4 N–H and O–H groups in total. The lowest BCUT2D eigenvalue weighted by atomic mass is 10.0. The van der Waals surface area contributed by atoms with Crippen LogP contribution in [0.2, 0.25) is 0 Å². The minimum Gasteiger partial charge on any atom is -0.390 e. The second-order valence-corrected chi connectivity index (χ2v) is 8.04. The summed E-state index contributed by atoms with van der Waals surface area (Å²) in [5, 5.41) is 10.3. The van der Waals surface area contributed by atoms with Crippen LogP contribution in [0.4, 0.5) is 5.82 Å². The summed E-state index contributed by atoms with van der Waals surface area (Å²) < 4.78 is 23.2. The maximum atomic E-state index is 11.1. The van der Waals surface area contributed by atoms with Crippen LogP contribution in [0.3, 0.4) is 0 Å². The summed E-state index contributed by atoms with van der Waals surface area (Å²) in [5.74, 6) is -0.0775. The summed E-state index contributed by atoms with van der Waals surface area (Å²) in [4.78, 5) is 21.2. The Balaban J connectivity index is 1.85. The largest absolute Gasteiger partial charge is 0.390 e. The minimum atomic E-state index is -3.94. The van der Waals surface area contributed by atoms with Gasteiger partial charge in [0.05, 0.1) is 19.0 Å². The zero-order valence-electron chi connectivity index (χ0n) is 12.1. The average Bonchev–Trinajstić information content (AvgIpc) is 3.01. The lowest BCUT2D eigenvalue weighted by Gasteiger charge is -2.17. The number of nitrogens with two attached hydrogens (primary N) is 1. The van der Waals surface area contributed by atoms with E-state index in [4.69, 9.17) is 19.9 Å². The molecule has 1 unspecified atom stereocenters. The Bertz CT molecular complexity index is 766. The third kappa shape index (κ3) is 3.21. The number of imidazole rings is 1. The highest BCUT2D eigenvalue weighted by Gasteiger charge is 2.43. The van der Waals surface area contributed by atoms with Crippen molar-refractivity contribution in [1.29, 1.82) is 0 Å². The van der Waals surface area contributed by atoms with Crippen LogP contribution >= 0.6 is 19.0 Å². The predicted octanol–water partition coefficient (Wildman–Crippen LogP) is 0.350. The zero-order valence-corrected chi connectivity index (χ0v) is 13.8. The van der Waals surface area contributed by atoms with E-state index >= 15 is 0 Å². The number of hydrogen-bond acceptors (Lipinski definition) is 8. The SMILES string of the molecule is C[C@H]1[C@H](O)[C@@H](COP(=O)(O)S)O[C@H]1n1cnc2c(N)ncnc21. The maximum Gasteiger partial charge on any atom is 0.383 e. The molecule has 1 saturated heterocycles. The van der Waals surface area contributed by atoms with Gasteiger partial charge in [-0.1, -0.05) is 19.2 Å². The van der Waals surface area contributed by atoms with Crippen molar-refractivity contribution in [3.05, 3.63) is 12.7 Å². The van der Waals surface area contributed by atoms with Crippen molar-refractivity contribution in [2.45, 2.75) is 25.4 Å². The molecule has 2 aromatic rings. The molecule has 1 fully saturated rings. The first kappa shape index (κ1) is 16.6. The minimum absolute atomic E-state index is 0.246. The van der Waals surface area contributed by atoms with Crippen molar-refractivity contribution in [3.63, 3.8) is 0 Å². The number of aliphatic hydroxyl groups is 1. The summed E-state index contributed by atoms with van der Waals surface area (Å²) >= 11 is 3.43. The van der Waals surface area contributed by atoms with Crippen molar-refractivity contribution in [1.82, 2.24) is 19.5 Å². The molecule has 0 bridgehead atoms. The van der Waals surface area contributed by atoms with Crippen LogP contribution in [0.5, 0.6) is 0 Å². The fraction of sp³-hybridized carbons (Fsp3) is 0.545. The molecule has 0 aromatic carbocycles. The van der Waals surface area contributed by atoms with Crippen LogP contribution in [-0.4, -0.2) is 48.3 Å². The van der Waals surface area contributed by atoms with Gasteiger partial charge < -0.3 is 20.5 Å². The Morgan fingerprint density at radius 3 is 2.96 bits per heavy atom. The predicted molar refractivity (Wildman–Crippen MR) is 83.6 cm³/mol. The number of thiol groups is 1. The van der Waals surface area contributed by atoms with Crippen LogP contribution in [0.25, 0.3) is 11.2 Å². The van der Waals surface area contributed by atoms with Gasteiger partial charge in [-0.25, -0.2) is 19.5 Å². The number of nitrogens with zero attached hydrogens (tertiary/aromatic N) is 4. The van der Waals surface area contributed by atoms with Crippen LogP contribution in [0, 0.1) is 5.92 Å². The number of aliphatic hydroxyl groups excluding tert-OH is 1. The van der Waals surface area contributed by atoms with Crippen LogP contribution < -0.4 is 5.73 Å². The van der Waals surface area contributed by atoms with Gasteiger partial charge in [0.1, 0.15) is 24.2 Å². The van der Waals surface area contributed by atoms with Crippen molar-refractivity contribution >= 4 is 36.0 Å². The van der Waals surface area contributed by atoms with E-state index in [2.05, 4.69) is 27.2 Å². The van der Waals surface area contributed by atoms with Crippen LogP contribution in [0.15, 0.2) is 12.7 Å². The van der Waals surface area contributed by atoms with Gasteiger partial charge in [-0.2, -0.15) is 0 Å². The fourth-order valence-electron chi connectivity index (χ4n) is 2.57.